The Morgan fingerprint density at radius 2 is 1.79 bits per heavy atom. The van der Waals surface area contributed by atoms with Crippen LogP contribution in [-0.4, -0.2) is 36.6 Å². The first kappa shape index (κ1) is 25.3. The molecule has 0 saturated carbocycles. The van der Waals surface area contributed by atoms with Crippen molar-refractivity contribution in [3.63, 3.8) is 0 Å². The molecule has 12 heteroatoms. The van der Waals surface area contributed by atoms with E-state index in [-0.39, 0.29) is 18.2 Å². The maximum absolute atomic E-state index is 13.3. The zero-order chi connectivity index (χ0) is 25.3. The zero-order valence-electron chi connectivity index (χ0n) is 17.8. The summed E-state index contributed by atoms with van der Waals surface area (Å²) in [7, 11) is 1.43. The lowest BCUT2D eigenvalue weighted by molar-refractivity contribution is -0.144. The molecule has 6 nitrogen and oxygen atoms in total. The number of anilines is 1. The maximum Gasteiger partial charge on any atom is 0.416 e. The Balaban J connectivity index is 1.75. The lowest BCUT2D eigenvalue weighted by atomic mass is 10.0. The lowest BCUT2D eigenvalue weighted by Crippen LogP contribution is -2.40. The number of carbonyl (C=O) groups excluding carboxylic acids is 1. The Hall–Kier alpha value is -3.28. The largest absolute Gasteiger partial charge is 0.489 e. The van der Waals surface area contributed by atoms with Gasteiger partial charge in [0.25, 0.3) is 0 Å². The van der Waals surface area contributed by atoms with Crippen LogP contribution >= 0.6 is 0 Å². The summed E-state index contributed by atoms with van der Waals surface area (Å²) in [5.41, 5.74) is -2.09. The molecule has 1 aliphatic heterocycles. The first-order valence-corrected chi connectivity index (χ1v) is 10.0. The molecule has 1 amide bonds. The predicted molar refractivity (Wildman–Crippen MR) is 108 cm³/mol. The summed E-state index contributed by atoms with van der Waals surface area (Å²) in [5, 5.41) is 11.6. The van der Waals surface area contributed by atoms with Crippen molar-refractivity contribution in [1.82, 2.24) is 5.32 Å². The van der Waals surface area contributed by atoms with Crippen molar-refractivity contribution in [1.29, 1.82) is 0 Å². The van der Waals surface area contributed by atoms with Crippen LogP contribution in [-0.2, 0) is 35.0 Å². The van der Waals surface area contributed by atoms with E-state index in [9.17, 15) is 35.9 Å². The topological polar surface area (TPSA) is 78.9 Å². The SMILES string of the molecule is CN[C@H](CC(=O)N1CCc2cc(OCc3ccc(C(F)(F)F)cc3C(F)(F)F)ccc21)C(=O)O. The first-order chi connectivity index (χ1) is 15.8. The number of amides is 1. The molecule has 0 spiro atoms. The van der Waals surface area contributed by atoms with Gasteiger partial charge in [-0.3, -0.25) is 9.59 Å². The zero-order valence-corrected chi connectivity index (χ0v) is 17.8. The second kappa shape index (κ2) is 9.53. The van der Waals surface area contributed by atoms with Crippen molar-refractivity contribution in [3.05, 3.63) is 58.7 Å². The molecule has 1 aliphatic rings. The number of fused-ring (bicyclic) bond motifs is 1. The van der Waals surface area contributed by atoms with Gasteiger partial charge < -0.3 is 20.1 Å². The molecular weight excluding hydrogens is 470 g/mol. The van der Waals surface area contributed by atoms with Gasteiger partial charge in [0, 0.05) is 17.8 Å². The normalized spacial score (nSPS) is 14.6. The second-order valence-corrected chi connectivity index (χ2v) is 7.63. The number of nitrogens with one attached hydrogen (secondary N) is 1. The van der Waals surface area contributed by atoms with Gasteiger partial charge in [-0.05, 0) is 49.4 Å². The number of carboxylic acid groups (broad SMARTS) is 1. The van der Waals surface area contributed by atoms with E-state index in [1.165, 1.54) is 30.1 Å². The average molecular weight is 490 g/mol. The second-order valence-electron chi connectivity index (χ2n) is 7.63. The molecule has 34 heavy (non-hydrogen) atoms. The molecule has 2 aromatic carbocycles. The number of aliphatic carboxylic acids is 1. The highest BCUT2D eigenvalue weighted by Crippen LogP contribution is 2.38. The van der Waals surface area contributed by atoms with Crippen LogP contribution in [0.15, 0.2) is 36.4 Å². The monoisotopic (exact) mass is 490 g/mol. The van der Waals surface area contributed by atoms with Gasteiger partial charge in [-0.15, -0.1) is 0 Å². The highest BCUT2D eigenvalue weighted by Gasteiger charge is 2.38. The lowest BCUT2D eigenvalue weighted by Gasteiger charge is -2.20. The molecule has 1 heterocycles. The van der Waals surface area contributed by atoms with Gasteiger partial charge in [-0.2, -0.15) is 26.3 Å². The molecule has 0 saturated heterocycles. The molecule has 2 N–H and O–H groups in total. The van der Waals surface area contributed by atoms with E-state index < -0.39 is 53.6 Å². The van der Waals surface area contributed by atoms with Gasteiger partial charge in [0.1, 0.15) is 18.4 Å². The van der Waals surface area contributed by atoms with Crippen LogP contribution in [0.4, 0.5) is 32.0 Å². The number of ether oxygens (including phenoxy) is 1. The molecule has 0 aliphatic carbocycles. The maximum atomic E-state index is 13.3. The summed E-state index contributed by atoms with van der Waals surface area (Å²) in [4.78, 5) is 25.1. The smallest absolute Gasteiger partial charge is 0.416 e. The highest BCUT2D eigenvalue weighted by molar-refractivity contribution is 5.98. The minimum atomic E-state index is -5.00. The fourth-order valence-corrected chi connectivity index (χ4v) is 3.63. The molecule has 0 unspecified atom stereocenters. The third kappa shape index (κ3) is 5.61. The summed E-state index contributed by atoms with van der Waals surface area (Å²) in [5.74, 6) is -1.39. The van der Waals surface area contributed by atoms with E-state index in [0.717, 1.165) is 6.07 Å². The van der Waals surface area contributed by atoms with Crippen molar-refractivity contribution in [2.24, 2.45) is 0 Å². The van der Waals surface area contributed by atoms with Gasteiger partial charge >= 0.3 is 18.3 Å². The molecule has 0 aromatic heterocycles. The van der Waals surface area contributed by atoms with E-state index in [1.54, 1.807) is 0 Å². The summed E-state index contributed by atoms with van der Waals surface area (Å²) in [6.07, 6.45) is -9.76. The van der Waals surface area contributed by atoms with Crippen molar-refractivity contribution in [2.75, 3.05) is 18.5 Å². The third-order valence-electron chi connectivity index (χ3n) is 5.41. The fraction of sp³-hybridized carbons (Fsp3) is 0.364. The Morgan fingerprint density at radius 3 is 2.38 bits per heavy atom. The number of nitrogens with zero attached hydrogens (tertiary/aromatic N) is 1. The molecule has 0 radical (unpaired) electrons. The number of halogens is 6. The first-order valence-electron chi connectivity index (χ1n) is 10.0. The number of benzene rings is 2. The minimum Gasteiger partial charge on any atom is -0.489 e. The third-order valence-corrected chi connectivity index (χ3v) is 5.41. The summed E-state index contributed by atoms with van der Waals surface area (Å²) in [6.45, 7) is -0.318. The van der Waals surface area contributed by atoms with Crippen LogP contribution in [0, 0.1) is 0 Å². The van der Waals surface area contributed by atoms with E-state index in [4.69, 9.17) is 9.84 Å². The number of rotatable bonds is 7. The molecule has 0 bridgehead atoms. The van der Waals surface area contributed by atoms with E-state index >= 15 is 0 Å². The molecule has 0 fully saturated rings. The number of hydrogen-bond acceptors (Lipinski definition) is 4. The summed E-state index contributed by atoms with van der Waals surface area (Å²) in [6, 6.07) is 4.80. The van der Waals surface area contributed by atoms with Crippen molar-refractivity contribution in [3.8, 4) is 5.75 Å². The number of carboxylic acids is 1. The Bertz CT molecular complexity index is 1080. The minimum absolute atomic E-state index is 0.0560. The van der Waals surface area contributed by atoms with Gasteiger partial charge in [0.15, 0.2) is 0 Å². The van der Waals surface area contributed by atoms with Crippen molar-refractivity contribution >= 4 is 17.6 Å². The molecule has 3 rings (SSSR count). The fourth-order valence-electron chi connectivity index (χ4n) is 3.63. The van der Waals surface area contributed by atoms with E-state index in [0.29, 0.717) is 30.3 Å². The van der Waals surface area contributed by atoms with Crippen molar-refractivity contribution in [2.45, 2.75) is 37.8 Å². The van der Waals surface area contributed by atoms with E-state index in [1.807, 2.05) is 0 Å². The van der Waals surface area contributed by atoms with Crippen LogP contribution < -0.4 is 15.0 Å². The molecular formula is C22H20F6N2O4. The standard InChI is InChI=1S/C22H20F6N2O4/c1-29-17(20(32)33)10-19(31)30-7-6-12-8-15(4-5-18(12)30)34-11-13-2-3-14(21(23,24)25)9-16(13)22(26,27)28/h2-5,8-9,17,29H,6-7,10-11H2,1H3,(H,32,33)/t17-/m1/s1. The summed E-state index contributed by atoms with van der Waals surface area (Å²) < 4.78 is 83.8. The quantitative estimate of drug-likeness (QED) is 0.568. The van der Waals surface area contributed by atoms with Crippen LogP contribution in [0.2, 0.25) is 0 Å². The average Bonchev–Trinajstić information content (AvgIpc) is 3.17. The van der Waals surface area contributed by atoms with Gasteiger partial charge in [-0.1, -0.05) is 6.07 Å². The number of carbonyl (C=O) groups is 2. The van der Waals surface area contributed by atoms with Crippen LogP contribution in [0.5, 0.6) is 5.75 Å². The molecule has 2 aromatic rings. The summed E-state index contributed by atoms with van der Waals surface area (Å²) >= 11 is 0. The highest BCUT2D eigenvalue weighted by atomic mass is 19.4. The number of likely N-dealkylation sites (N-methyl/N-ethyl adjacent to an activating group) is 1. The Morgan fingerprint density at radius 1 is 1.09 bits per heavy atom. The van der Waals surface area contributed by atoms with Crippen molar-refractivity contribution < 1.29 is 45.8 Å². The van der Waals surface area contributed by atoms with Gasteiger partial charge in [-0.25, -0.2) is 0 Å². The Kier molecular flexibility index (Phi) is 7.10. The molecule has 1 atom stereocenters. The number of alkyl halides is 6. The van der Waals surface area contributed by atoms with E-state index in [2.05, 4.69) is 5.32 Å². The van der Waals surface area contributed by atoms with Crippen LogP contribution in [0.3, 0.4) is 0 Å². The van der Waals surface area contributed by atoms with Crippen LogP contribution in [0.1, 0.15) is 28.7 Å². The molecule has 184 valence electrons. The Labute approximate surface area is 190 Å². The van der Waals surface area contributed by atoms with Gasteiger partial charge in [0.05, 0.1) is 17.5 Å². The van der Waals surface area contributed by atoms with Gasteiger partial charge in [0.2, 0.25) is 5.91 Å². The predicted octanol–water partition coefficient (Wildman–Crippen LogP) is 4.26. The van der Waals surface area contributed by atoms with Crippen LogP contribution in [0.25, 0.3) is 0 Å². The number of hydrogen-bond donors (Lipinski definition) is 2.